The molecule has 0 aliphatic carbocycles. The minimum Gasteiger partial charge on any atom is -0.166 e. The number of unbranched alkanes of at least 4 members (excludes halogenated alkanes) is 4. The van der Waals surface area contributed by atoms with Crippen molar-refractivity contribution in [2.45, 2.75) is 52.1 Å². The van der Waals surface area contributed by atoms with E-state index in [4.69, 9.17) is 0 Å². The van der Waals surface area contributed by atoms with Gasteiger partial charge < -0.3 is 0 Å². The summed E-state index contributed by atoms with van der Waals surface area (Å²) in [6, 6.07) is 4.27. The SMILES string of the molecule is CCCCCCC#Cc1ccc(C)cc1C(F)(F)F. The number of aryl methyl sites for hydroxylation is 1. The first-order valence-corrected chi connectivity index (χ1v) is 6.62. The lowest BCUT2D eigenvalue weighted by molar-refractivity contribution is -0.137. The molecule has 0 radical (unpaired) electrons. The highest BCUT2D eigenvalue weighted by Gasteiger charge is 2.32. The van der Waals surface area contributed by atoms with Crippen LogP contribution in [-0.4, -0.2) is 0 Å². The van der Waals surface area contributed by atoms with E-state index in [2.05, 4.69) is 18.8 Å². The van der Waals surface area contributed by atoms with Crippen molar-refractivity contribution in [2.24, 2.45) is 0 Å². The smallest absolute Gasteiger partial charge is 0.166 e. The molecular weight excluding hydrogens is 249 g/mol. The Bertz CT molecular complexity index is 461. The quantitative estimate of drug-likeness (QED) is 0.511. The molecule has 0 N–H and O–H groups in total. The zero-order valence-electron chi connectivity index (χ0n) is 11.4. The van der Waals surface area contributed by atoms with E-state index < -0.39 is 11.7 Å². The molecule has 3 heteroatoms. The molecule has 0 amide bonds. The molecule has 0 atom stereocenters. The van der Waals surface area contributed by atoms with Crippen molar-refractivity contribution in [1.82, 2.24) is 0 Å². The predicted octanol–water partition coefficient (Wildman–Crippen LogP) is 5.34. The van der Waals surface area contributed by atoms with Crippen LogP contribution in [0.3, 0.4) is 0 Å². The summed E-state index contributed by atoms with van der Waals surface area (Å²) in [5.74, 6) is 5.50. The second-order valence-electron chi connectivity index (χ2n) is 4.66. The predicted molar refractivity (Wildman–Crippen MR) is 71.8 cm³/mol. The number of hydrogen-bond acceptors (Lipinski definition) is 0. The Morgan fingerprint density at radius 1 is 1.11 bits per heavy atom. The third kappa shape index (κ3) is 5.38. The van der Waals surface area contributed by atoms with Crippen LogP contribution in [-0.2, 0) is 6.18 Å². The van der Waals surface area contributed by atoms with Crippen LogP contribution in [0.2, 0.25) is 0 Å². The lowest BCUT2D eigenvalue weighted by Gasteiger charge is -2.09. The molecule has 0 bridgehead atoms. The third-order valence-electron chi connectivity index (χ3n) is 2.86. The Labute approximate surface area is 113 Å². The molecule has 1 aromatic rings. The molecule has 104 valence electrons. The van der Waals surface area contributed by atoms with Crippen LogP contribution in [0.25, 0.3) is 0 Å². The molecule has 0 aliphatic rings. The normalized spacial score (nSPS) is 11.0. The number of alkyl halides is 3. The van der Waals surface area contributed by atoms with Crippen LogP contribution in [0, 0.1) is 18.8 Å². The van der Waals surface area contributed by atoms with Gasteiger partial charge in [-0.25, -0.2) is 0 Å². The minimum absolute atomic E-state index is 0.0774. The van der Waals surface area contributed by atoms with Crippen molar-refractivity contribution in [3.8, 4) is 11.8 Å². The Morgan fingerprint density at radius 2 is 1.84 bits per heavy atom. The van der Waals surface area contributed by atoms with Gasteiger partial charge in [-0.05, 0) is 25.5 Å². The van der Waals surface area contributed by atoms with Crippen LogP contribution in [0.5, 0.6) is 0 Å². The van der Waals surface area contributed by atoms with E-state index in [0.29, 0.717) is 12.0 Å². The van der Waals surface area contributed by atoms with Crippen molar-refractivity contribution >= 4 is 0 Å². The maximum Gasteiger partial charge on any atom is 0.417 e. The maximum atomic E-state index is 12.8. The molecule has 0 saturated heterocycles. The molecule has 19 heavy (non-hydrogen) atoms. The van der Waals surface area contributed by atoms with E-state index in [9.17, 15) is 13.2 Å². The van der Waals surface area contributed by atoms with Crippen LogP contribution in [0.15, 0.2) is 18.2 Å². The second kappa shape index (κ2) is 7.23. The molecular formula is C16H19F3. The Balaban J connectivity index is 2.76. The monoisotopic (exact) mass is 268 g/mol. The highest BCUT2D eigenvalue weighted by atomic mass is 19.4. The lowest BCUT2D eigenvalue weighted by atomic mass is 10.0. The minimum atomic E-state index is -4.34. The molecule has 0 spiro atoms. The van der Waals surface area contributed by atoms with Gasteiger partial charge in [0.25, 0.3) is 0 Å². The van der Waals surface area contributed by atoms with Gasteiger partial charge in [0, 0.05) is 12.0 Å². The van der Waals surface area contributed by atoms with Gasteiger partial charge in [0.05, 0.1) is 5.56 Å². The number of rotatable bonds is 4. The van der Waals surface area contributed by atoms with Gasteiger partial charge in [0.15, 0.2) is 0 Å². The number of benzene rings is 1. The third-order valence-corrected chi connectivity index (χ3v) is 2.86. The summed E-state index contributed by atoms with van der Waals surface area (Å²) in [5.41, 5.74) is 0.0444. The van der Waals surface area contributed by atoms with Gasteiger partial charge in [-0.1, -0.05) is 49.7 Å². The first kappa shape index (κ1) is 15.6. The summed E-state index contributed by atoms with van der Waals surface area (Å²) in [6.45, 7) is 3.77. The van der Waals surface area contributed by atoms with E-state index in [0.717, 1.165) is 31.7 Å². The van der Waals surface area contributed by atoms with Crippen molar-refractivity contribution in [3.05, 3.63) is 34.9 Å². The van der Waals surface area contributed by atoms with Crippen LogP contribution < -0.4 is 0 Å². The molecule has 1 aromatic carbocycles. The summed E-state index contributed by atoms with van der Waals surface area (Å²) < 4.78 is 38.5. The highest BCUT2D eigenvalue weighted by Crippen LogP contribution is 2.32. The summed E-state index contributed by atoms with van der Waals surface area (Å²) >= 11 is 0. The van der Waals surface area contributed by atoms with Gasteiger partial charge in [-0.2, -0.15) is 13.2 Å². The Morgan fingerprint density at radius 3 is 2.47 bits per heavy atom. The first-order chi connectivity index (χ1) is 8.95. The van der Waals surface area contributed by atoms with Crippen LogP contribution >= 0.6 is 0 Å². The van der Waals surface area contributed by atoms with Crippen molar-refractivity contribution < 1.29 is 13.2 Å². The van der Waals surface area contributed by atoms with Crippen molar-refractivity contribution in [1.29, 1.82) is 0 Å². The summed E-state index contributed by atoms with van der Waals surface area (Å²) in [5, 5.41) is 0. The summed E-state index contributed by atoms with van der Waals surface area (Å²) in [4.78, 5) is 0. The van der Waals surface area contributed by atoms with Crippen molar-refractivity contribution in [3.63, 3.8) is 0 Å². The fourth-order valence-electron chi connectivity index (χ4n) is 1.80. The number of halogens is 3. The average Bonchev–Trinajstić information content (AvgIpc) is 2.34. The largest absolute Gasteiger partial charge is 0.417 e. The zero-order valence-corrected chi connectivity index (χ0v) is 11.4. The Kier molecular flexibility index (Phi) is 5.95. The van der Waals surface area contributed by atoms with Crippen molar-refractivity contribution in [2.75, 3.05) is 0 Å². The highest BCUT2D eigenvalue weighted by molar-refractivity contribution is 5.44. The van der Waals surface area contributed by atoms with E-state index in [1.54, 1.807) is 13.0 Å². The fraction of sp³-hybridized carbons (Fsp3) is 0.500. The topological polar surface area (TPSA) is 0 Å². The van der Waals surface area contributed by atoms with E-state index in [1.165, 1.54) is 6.07 Å². The van der Waals surface area contributed by atoms with E-state index in [-0.39, 0.29) is 5.56 Å². The van der Waals surface area contributed by atoms with Gasteiger partial charge >= 0.3 is 6.18 Å². The van der Waals surface area contributed by atoms with Crippen LogP contribution in [0.4, 0.5) is 13.2 Å². The molecule has 0 aliphatic heterocycles. The first-order valence-electron chi connectivity index (χ1n) is 6.62. The molecule has 0 unspecified atom stereocenters. The van der Waals surface area contributed by atoms with Gasteiger partial charge in [0.2, 0.25) is 0 Å². The van der Waals surface area contributed by atoms with E-state index >= 15 is 0 Å². The molecule has 0 heterocycles. The van der Waals surface area contributed by atoms with Gasteiger partial charge in [0.1, 0.15) is 0 Å². The average molecular weight is 268 g/mol. The zero-order chi connectivity index (χ0) is 14.3. The second-order valence-corrected chi connectivity index (χ2v) is 4.66. The van der Waals surface area contributed by atoms with Gasteiger partial charge in [-0.3, -0.25) is 0 Å². The summed E-state index contributed by atoms with van der Waals surface area (Å²) in [6.07, 6.45) is 0.659. The maximum absolute atomic E-state index is 12.8. The lowest BCUT2D eigenvalue weighted by Crippen LogP contribution is -2.08. The fourth-order valence-corrected chi connectivity index (χ4v) is 1.80. The summed E-state index contributed by atoms with van der Waals surface area (Å²) in [7, 11) is 0. The van der Waals surface area contributed by atoms with Crippen LogP contribution in [0.1, 0.15) is 55.7 Å². The molecule has 0 nitrogen and oxygen atoms in total. The standard InChI is InChI=1S/C16H19F3/c1-3-4-5-6-7-8-9-14-11-10-13(2)12-15(14)16(17,18)19/h10-12H,3-7H2,1-2H3. The Hall–Kier alpha value is -1.43. The molecule has 1 rings (SSSR count). The van der Waals surface area contributed by atoms with Gasteiger partial charge in [-0.15, -0.1) is 0 Å². The molecule has 0 aromatic heterocycles. The molecule has 0 saturated carbocycles. The number of hydrogen-bond donors (Lipinski definition) is 0. The molecule has 0 fully saturated rings. The van der Waals surface area contributed by atoms with E-state index in [1.807, 2.05) is 0 Å².